The van der Waals surface area contributed by atoms with Crippen LogP contribution in [0.4, 0.5) is 0 Å². The van der Waals surface area contributed by atoms with Crippen molar-refractivity contribution in [2.24, 2.45) is 0 Å². The Labute approximate surface area is 115 Å². The SMILES string of the molecule is CC(C)(C)P1C2(CCCC2)CCCC12CCCC2. The fourth-order valence-corrected chi connectivity index (χ4v) is 12.1. The molecule has 0 N–H and O–H groups in total. The molecule has 0 nitrogen and oxygen atoms in total. The third kappa shape index (κ3) is 1.98. The van der Waals surface area contributed by atoms with Crippen molar-refractivity contribution in [3.05, 3.63) is 0 Å². The van der Waals surface area contributed by atoms with Crippen LogP contribution in [-0.2, 0) is 0 Å². The molecule has 1 heteroatoms. The van der Waals surface area contributed by atoms with E-state index in [0.29, 0.717) is 5.16 Å². The topological polar surface area (TPSA) is 0 Å². The molecular weight excluding hydrogens is 235 g/mol. The quantitative estimate of drug-likeness (QED) is 0.466. The Hall–Kier alpha value is 0.430. The van der Waals surface area contributed by atoms with Gasteiger partial charge in [-0.25, -0.2) is 0 Å². The van der Waals surface area contributed by atoms with Crippen LogP contribution in [0.2, 0.25) is 0 Å². The lowest BCUT2D eigenvalue weighted by Gasteiger charge is -2.59. The minimum absolute atomic E-state index is 0.216. The summed E-state index contributed by atoms with van der Waals surface area (Å²) in [6.07, 6.45) is 17.2. The molecule has 1 aliphatic heterocycles. The molecule has 104 valence electrons. The van der Waals surface area contributed by atoms with Crippen LogP contribution in [-0.4, -0.2) is 15.5 Å². The highest BCUT2D eigenvalue weighted by Gasteiger charge is 2.57. The number of hydrogen-bond donors (Lipinski definition) is 0. The zero-order valence-electron chi connectivity index (χ0n) is 12.7. The Bertz CT molecular complexity index is 276. The Kier molecular flexibility index (Phi) is 3.33. The van der Waals surface area contributed by atoms with Gasteiger partial charge in [0.05, 0.1) is 0 Å². The molecule has 3 fully saturated rings. The molecule has 0 bridgehead atoms. The molecule has 0 aromatic carbocycles. The summed E-state index contributed by atoms with van der Waals surface area (Å²) < 4.78 is 0. The zero-order chi connectivity index (χ0) is 12.9. The largest absolute Gasteiger partial charge is 0.0884 e. The summed E-state index contributed by atoms with van der Waals surface area (Å²) >= 11 is 0. The lowest BCUT2D eigenvalue weighted by molar-refractivity contribution is 0.392. The van der Waals surface area contributed by atoms with E-state index in [4.69, 9.17) is 0 Å². The Balaban J connectivity index is 2.00. The van der Waals surface area contributed by atoms with Crippen molar-refractivity contribution in [1.29, 1.82) is 0 Å². The molecule has 2 aliphatic carbocycles. The van der Waals surface area contributed by atoms with Crippen molar-refractivity contribution in [1.82, 2.24) is 0 Å². The summed E-state index contributed by atoms with van der Waals surface area (Å²) in [5, 5.41) is 2.22. The van der Waals surface area contributed by atoms with Crippen LogP contribution in [0.1, 0.15) is 91.4 Å². The fraction of sp³-hybridized carbons (Fsp3) is 1.00. The van der Waals surface area contributed by atoms with Crippen LogP contribution in [0.15, 0.2) is 0 Å². The van der Waals surface area contributed by atoms with E-state index in [2.05, 4.69) is 20.8 Å². The maximum atomic E-state index is 2.57. The molecule has 0 atom stereocenters. The van der Waals surface area contributed by atoms with E-state index in [1.54, 1.807) is 44.9 Å². The maximum Gasteiger partial charge on any atom is -0.00847 e. The minimum Gasteiger partial charge on any atom is -0.0884 e. The van der Waals surface area contributed by atoms with Gasteiger partial charge in [0.2, 0.25) is 0 Å². The summed E-state index contributed by atoms with van der Waals surface area (Å²) in [5.41, 5.74) is 0. The molecule has 0 amide bonds. The zero-order valence-corrected chi connectivity index (χ0v) is 13.6. The van der Waals surface area contributed by atoms with Gasteiger partial charge < -0.3 is 0 Å². The van der Waals surface area contributed by atoms with Gasteiger partial charge in [0.1, 0.15) is 0 Å². The van der Waals surface area contributed by atoms with Crippen molar-refractivity contribution in [3.8, 4) is 0 Å². The molecular formula is C17H31P. The summed E-state index contributed by atoms with van der Waals surface area (Å²) in [5.74, 6) is 0. The van der Waals surface area contributed by atoms with Crippen LogP contribution in [0, 0.1) is 0 Å². The maximum absolute atomic E-state index is 2.57. The van der Waals surface area contributed by atoms with Gasteiger partial charge in [0.25, 0.3) is 0 Å². The summed E-state index contributed by atoms with van der Waals surface area (Å²) in [7, 11) is 0.216. The van der Waals surface area contributed by atoms with Gasteiger partial charge in [-0.15, -0.1) is 0 Å². The normalized spacial score (nSPS) is 31.5. The second-order valence-electron chi connectivity index (χ2n) is 8.22. The Morgan fingerprint density at radius 2 is 0.944 bits per heavy atom. The highest BCUT2D eigenvalue weighted by atomic mass is 31.1. The lowest BCUT2D eigenvalue weighted by Crippen LogP contribution is -2.45. The standard InChI is InChI=1S/C17H31P/c1-15(2,3)18-16(9-4-5-10-16)13-8-14-17(18)11-6-7-12-17/h4-14H2,1-3H3. The van der Waals surface area contributed by atoms with Crippen LogP contribution in [0.5, 0.6) is 0 Å². The molecule has 2 spiro atoms. The Morgan fingerprint density at radius 1 is 0.611 bits per heavy atom. The smallest absolute Gasteiger partial charge is 0.00847 e. The first kappa shape index (κ1) is 13.4. The minimum atomic E-state index is 0.216. The first-order valence-electron chi connectivity index (χ1n) is 8.29. The highest BCUT2D eigenvalue weighted by Crippen LogP contribution is 2.79. The molecule has 3 aliphatic rings. The van der Waals surface area contributed by atoms with E-state index in [1.807, 2.05) is 0 Å². The van der Waals surface area contributed by atoms with Crippen molar-refractivity contribution < 1.29 is 0 Å². The molecule has 0 radical (unpaired) electrons. The van der Waals surface area contributed by atoms with Gasteiger partial charge in [-0.2, -0.15) is 0 Å². The van der Waals surface area contributed by atoms with E-state index >= 15 is 0 Å². The van der Waals surface area contributed by atoms with Crippen molar-refractivity contribution in [2.75, 3.05) is 0 Å². The third-order valence-corrected chi connectivity index (χ3v) is 10.6. The predicted molar refractivity (Wildman–Crippen MR) is 82.9 cm³/mol. The fourth-order valence-electron chi connectivity index (χ4n) is 5.91. The molecule has 2 saturated carbocycles. The van der Waals surface area contributed by atoms with E-state index in [0.717, 1.165) is 10.3 Å². The second-order valence-corrected chi connectivity index (χ2v) is 12.1. The number of rotatable bonds is 0. The van der Waals surface area contributed by atoms with Crippen molar-refractivity contribution in [3.63, 3.8) is 0 Å². The van der Waals surface area contributed by atoms with Gasteiger partial charge in [-0.3, -0.25) is 0 Å². The average molecular weight is 266 g/mol. The van der Waals surface area contributed by atoms with Gasteiger partial charge in [-0.05, 0) is 54.0 Å². The Morgan fingerprint density at radius 3 is 1.28 bits per heavy atom. The van der Waals surface area contributed by atoms with Gasteiger partial charge in [-0.1, -0.05) is 60.8 Å². The predicted octanol–water partition coefficient (Wildman–Crippen LogP) is 6.08. The molecule has 0 aromatic rings. The van der Waals surface area contributed by atoms with Gasteiger partial charge in [0.15, 0.2) is 0 Å². The van der Waals surface area contributed by atoms with Crippen LogP contribution < -0.4 is 0 Å². The molecule has 0 aromatic heterocycles. The van der Waals surface area contributed by atoms with Crippen molar-refractivity contribution >= 4 is 7.92 Å². The van der Waals surface area contributed by atoms with Crippen LogP contribution in [0.25, 0.3) is 0 Å². The molecule has 1 saturated heterocycles. The molecule has 18 heavy (non-hydrogen) atoms. The lowest BCUT2D eigenvalue weighted by atomic mass is 9.91. The van der Waals surface area contributed by atoms with Crippen LogP contribution in [0.3, 0.4) is 0 Å². The highest BCUT2D eigenvalue weighted by molar-refractivity contribution is 7.62. The second kappa shape index (κ2) is 4.47. The third-order valence-electron chi connectivity index (χ3n) is 5.97. The summed E-state index contributed by atoms with van der Waals surface area (Å²) in [4.78, 5) is 0. The first-order valence-corrected chi connectivity index (χ1v) is 9.63. The van der Waals surface area contributed by atoms with Crippen LogP contribution >= 0.6 is 7.92 Å². The van der Waals surface area contributed by atoms with E-state index in [-0.39, 0.29) is 7.92 Å². The van der Waals surface area contributed by atoms with Gasteiger partial charge in [0, 0.05) is 0 Å². The molecule has 1 heterocycles. The van der Waals surface area contributed by atoms with E-state index in [1.165, 1.54) is 25.7 Å². The van der Waals surface area contributed by atoms with Gasteiger partial charge >= 0.3 is 0 Å². The monoisotopic (exact) mass is 266 g/mol. The summed E-state index contributed by atoms with van der Waals surface area (Å²) in [6, 6.07) is 0. The summed E-state index contributed by atoms with van der Waals surface area (Å²) in [6.45, 7) is 7.72. The molecule has 0 unspecified atom stereocenters. The molecule has 3 rings (SSSR count). The van der Waals surface area contributed by atoms with E-state index in [9.17, 15) is 0 Å². The van der Waals surface area contributed by atoms with Crippen molar-refractivity contribution in [2.45, 2.75) is 107 Å². The van der Waals surface area contributed by atoms with E-state index < -0.39 is 0 Å². The number of hydrogen-bond acceptors (Lipinski definition) is 0. The first-order chi connectivity index (χ1) is 8.49. The average Bonchev–Trinajstić information content (AvgIpc) is 2.88.